The van der Waals surface area contributed by atoms with E-state index in [0.29, 0.717) is 22.4 Å². The third kappa shape index (κ3) is 4.37. The van der Waals surface area contributed by atoms with Gasteiger partial charge >= 0.3 is 0 Å². The molecular formula is C25H22FN3O3. The van der Waals surface area contributed by atoms with Crippen molar-refractivity contribution in [2.45, 2.75) is 26.9 Å². The molecule has 1 amide bonds. The molecule has 6 nitrogen and oxygen atoms in total. The number of aromatic nitrogens is 2. The summed E-state index contributed by atoms with van der Waals surface area (Å²) < 4.78 is 20.4. The van der Waals surface area contributed by atoms with Crippen molar-refractivity contribution in [3.8, 4) is 11.4 Å². The lowest BCUT2D eigenvalue weighted by atomic mass is 10.2. The van der Waals surface area contributed by atoms with E-state index in [1.807, 2.05) is 31.2 Å². The Balaban J connectivity index is 1.62. The zero-order chi connectivity index (χ0) is 22.8. The molecule has 0 radical (unpaired) electrons. The summed E-state index contributed by atoms with van der Waals surface area (Å²) in [5.74, 6) is -0.0445. The van der Waals surface area contributed by atoms with Gasteiger partial charge in [0, 0.05) is 11.8 Å². The first-order valence-electron chi connectivity index (χ1n) is 10.2. The number of aryl methyl sites for hydroxylation is 2. The van der Waals surface area contributed by atoms with Gasteiger partial charge in [-0.05, 0) is 63.2 Å². The fraction of sp³-hybridized carbons (Fsp3) is 0.160. The highest BCUT2D eigenvalue weighted by molar-refractivity contribution is 5.96. The topological polar surface area (TPSA) is 73.2 Å². The average Bonchev–Trinajstić information content (AvgIpc) is 2.75. The van der Waals surface area contributed by atoms with Gasteiger partial charge in [-0.15, -0.1) is 0 Å². The summed E-state index contributed by atoms with van der Waals surface area (Å²) in [6.45, 7) is 5.32. The van der Waals surface area contributed by atoms with E-state index in [4.69, 9.17) is 4.74 Å². The number of benzene rings is 3. The van der Waals surface area contributed by atoms with Crippen LogP contribution >= 0.6 is 0 Å². The van der Waals surface area contributed by atoms with Gasteiger partial charge in [-0.2, -0.15) is 0 Å². The second-order valence-corrected chi connectivity index (χ2v) is 7.57. The van der Waals surface area contributed by atoms with Crippen molar-refractivity contribution in [2.24, 2.45) is 0 Å². The number of ether oxygens (including phenoxy) is 1. The van der Waals surface area contributed by atoms with Gasteiger partial charge < -0.3 is 10.1 Å². The largest absolute Gasteiger partial charge is 0.481 e. The van der Waals surface area contributed by atoms with E-state index in [1.54, 1.807) is 42.7 Å². The first-order valence-corrected chi connectivity index (χ1v) is 10.2. The average molecular weight is 431 g/mol. The summed E-state index contributed by atoms with van der Waals surface area (Å²) in [4.78, 5) is 30.3. The van der Waals surface area contributed by atoms with Crippen LogP contribution in [0.15, 0.2) is 71.5 Å². The molecule has 1 aromatic heterocycles. The molecule has 162 valence electrons. The Morgan fingerprint density at radius 1 is 1.06 bits per heavy atom. The predicted molar refractivity (Wildman–Crippen MR) is 122 cm³/mol. The van der Waals surface area contributed by atoms with Crippen LogP contribution in [0, 0.1) is 19.7 Å². The predicted octanol–water partition coefficient (Wildman–Crippen LogP) is 4.55. The molecule has 1 heterocycles. The SMILES string of the molecule is Cc1ccc(-n2c(C)nc3ccc(NC(=O)[C@@H](C)Oc4cccc(F)c4)cc3c2=O)cc1. The van der Waals surface area contributed by atoms with Crippen molar-refractivity contribution in [1.29, 1.82) is 0 Å². The summed E-state index contributed by atoms with van der Waals surface area (Å²) >= 11 is 0. The van der Waals surface area contributed by atoms with Gasteiger partial charge in [0.25, 0.3) is 11.5 Å². The number of halogens is 1. The van der Waals surface area contributed by atoms with Gasteiger partial charge in [0.1, 0.15) is 17.4 Å². The molecule has 0 saturated heterocycles. The Hall–Kier alpha value is -4.00. The number of hydrogen-bond donors (Lipinski definition) is 1. The molecule has 0 aliphatic heterocycles. The Bertz CT molecular complexity index is 1360. The van der Waals surface area contributed by atoms with E-state index >= 15 is 0 Å². The summed E-state index contributed by atoms with van der Waals surface area (Å²) in [5.41, 5.74) is 2.57. The van der Waals surface area contributed by atoms with Gasteiger partial charge in [0.15, 0.2) is 6.10 Å². The molecule has 0 aliphatic carbocycles. The Kier molecular flexibility index (Phi) is 5.73. The van der Waals surface area contributed by atoms with E-state index in [9.17, 15) is 14.0 Å². The van der Waals surface area contributed by atoms with E-state index in [0.717, 1.165) is 11.3 Å². The normalized spacial score (nSPS) is 11.9. The number of fused-ring (bicyclic) bond motifs is 1. The molecule has 4 rings (SSSR count). The molecule has 32 heavy (non-hydrogen) atoms. The molecule has 0 bridgehead atoms. The lowest BCUT2D eigenvalue weighted by Crippen LogP contribution is -2.30. The molecule has 0 unspecified atom stereocenters. The van der Waals surface area contributed by atoms with Crippen LogP contribution in [0.3, 0.4) is 0 Å². The molecule has 1 N–H and O–H groups in total. The maximum absolute atomic E-state index is 13.3. The number of carbonyl (C=O) groups is 1. The quantitative estimate of drug-likeness (QED) is 0.503. The first kappa shape index (κ1) is 21.2. The summed E-state index contributed by atoms with van der Waals surface area (Å²) in [5, 5.41) is 3.13. The fourth-order valence-electron chi connectivity index (χ4n) is 3.41. The molecule has 7 heteroatoms. The van der Waals surface area contributed by atoms with E-state index in [2.05, 4.69) is 10.3 Å². The van der Waals surface area contributed by atoms with Crippen LogP contribution in [-0.4, -0.2) is 21.6 Å². The Labute approximate surface area is 184 Å². The summed E-state index contributed by atoms with van der Waals surface area (Å²) in [6, 6.07) is 18.2. The number of nitrogens with zero attached hydrogens (tertiary/aromatic N) is 2. The molecule has 0 spiro atoms. The smallest absolute Gasteiger partial charge is 0.266 e. The lowest BCUT2D eigenvalue weighted by Gasteiger charge is -2.15. The van der Waals surface area contributed by atoms with Gasteiger partial charge in [-0.25, -0.2) is 9.37 Å². The van der Waals surface area contributed by atoms with Crippen LogP contribution in [0.5, 0.6) is 5.75 Å². The monoisotopic (exact) mass is 431 g/mol. The minimum atomic E-state index is -0.868. The highest BCUT2D eigenvalue weighted by Crippen LogP contribution is 2.19. The fourth-order valence-corrected chi connectivity index (χ4v) is 3.41. The van der Waals surface area contributed by atoms with Crippen LogP contribution < -0.4 is 15.6 Å². The van der Waals surface area contributed by atoms with E-state index < -0.39 is 17.8 Å². The number of nitrogens with one attached hydrogen (secondary N) is 1. The molecule has 0 saturated carbocycles. The number of amides is 1. The van der Waals surface area contributed by atoms with Gasteiger partial charge in [-0.3, -0.25) is 14.2 Å². The second kappa shape index (κ2) is 8.63. The zero-order valence-electron chi connectivity index (χ0n) is 17.9. The second-order valence-electron chi connectivity index (χ2n) is 7.57. The Morgan fingerprint density at radius 2 is 1.81 bits per heavy atom. The first-order chi connectivity index (χ1) is 15.3. The van der Waals surface area contributed by atoms with E-state index in [1.165, 1.54) is 18.2 Å². The minimum absolute atomic E-state index is 0.225. The van der Waals surface area contributed by atoms with Crippen molar-refractivity contribution in [3.63, 3.8) is 0 Å². The molecule has 4 aromatic rings. The third-order valence-corrected chi connectivity index (χ3v) is 5.07. The van der Waals surface area contributed by atoms with Crippen LogP contribution in [0.4, 0.5) is 10.1 Å². The minimum Gasteiger partial charge on any atom is -0.481 e. The third-order valence-electron chi connectivity index (χ3n) is 5.07. The van der Waals surface area contributed by atoms with Crippen LogP contribution in [0.1, 0.15) is 18.3 Å². The molecule has 0 fully saturated rings. The highest BCUT2D eigenvalue weighted by Gasteiger charge is 2.17. The number of carbonyl (C=O) groups excluding carboxylic acids is 1. The maximum atomic E-state index is 13.3. The van der Waals surface area contributed by atoms with Crippen molar-refractivity contribution >= 4 is 22.5 Å². The standard InChI is InChI=1S/C25H22FN3O3/c1-15-7-10-20(11-8-15)29-17(3)27-23-12-9-19(14-22(23)25(29)31)28-24(30)16(2)32-21-6-4-5-18(26)13-21/h4-14,16H,1-3H3,(H,28,30)/t16-/m1/s1. The van der Waals surface area contributed by atoms with Gasteiger partial charge in [0.05, 0.1) is 16.6 Å². The highest BCUT2D eigenvalue weighted by atomic mass is 19.1. The summed E-state index contributed by atoms with van der Waals surface area (Å²) in [7, 11) is 0. The molecule has 3 aromatic carbocycles. The van der Waals surface area contributed by atoms with Crippen LogP contribution in [0.25, 0.3) is 16.6 Å². The van der Waals surface area contributed by atoms with Crippen LogP contribution in [0.2, 0.25) is 0 Å². The Morgan fingerprint density at radius 3 is 2.53 bits per heavy atom. The summed E-state index contributed by atoms with van der Waals surface area (Å²) in [6.07, 6.45) is -0.868. The number of rotatable bonds is 5. The molecular weight excluding hydrogens is 409 g/mol. The van der Waals surface area contributed by atoms with Crippen molar-refractivity contribution in [3.05, 3.63) is 94.3 Å². The number of hydrogen-bond acceptors (Lipinski definition) is 4. The lowest BCUT2D eigenvalue weighted by molar-refractivity contribution is -0.122. The van der Waals surface area contributed by atoms with Gasteiger partial charge in [-0.1, -0.05) is 23.8 Å². The number of anilines is 1. The van der Waals surface area contributed by atoms with Crippen molar-refractivity contribution in [2.75, 3.05) is 5.32 Å². The van der Waals surface area contributed by atoms with Crippen molar-refractivity contribution < 1.29 is 13.9 Å². The molecule has 0 aliphatic rings. The van der Waals surface area contributed by atoms with Crippen molar-refractivity contribution in [1.82, 2.24) is 9.55 Å². The zero-order valence-corrected chi connectivity index (χ0v) is 17.9. The van der Waals surface area contributed by atoms with E-state index in [-0.39, 0.29) is 11.3 Å². The molecule has 1 atom stereocenters. The van der Waals surface area contributed by atoms with Gasteiger partial charge in [0.2, 0.25) is 0 Å². The van der Waals surface area contributed by atoms with Crippen LogP contribution in [-0.2, 0) is 4.79 Å². The maximum Gasteiger partial charge on any atom is 0.266 e.